The van der Waals surface area contributed by atoms with Gasteiger partial charge in [0.15, 0.2) is 6.29 Å². The molecular formula is C46H60O7. The number of esters is 2. The first-order valence-electron chi connectivity index (χ1n) is 20.3. The first-order chi connectivity index (χ1) is 25.5. The Morgan fingerprint density at radius 2 is 1.74 bits per heavy atom. The van der Waals surface area contributed by atoms with Gasteiger partial charge >= 0.3 is 11.9 Å². The van der Waals surface area contributed by atoms with Gasteiger partial charge in [-0.15, -0.1) is 0 Å². The van der Waals surface area contributed by atoms with Crippen LogP contribution >= 0.6 is 0 Å². The van der Waals surface area contributed by atoms with Gasteiger partial charge in [-0.2, -0.15) is 0 Å². The number of rotatable bonds is 12. The number of benzene rings is 2. The molecule has 2 aromatic carbocycles. The van der Waals surface area contributed by atoms with Gasteiger partial charge in [-0.25, -0.2) is 0 Å². The van der Waals surface area contributed by atoms with Crippen LogP contribution in [0, 0.1) is 34.5 Å². The maximum absolute atomic E-state index is 11.6. The summed E-state index contributed by atoms with van der Waals surface area (Å²) < 4.78 is 29.4. The van der Waals surface area contributed by atoms with E-state index in [1.807, 2.05) is 6.08 Å². The maximum Gasteiger partial charge on any atom is 0.303 e. The molecule has 0 saturated heterocycles. The van der Waals surface area contributed by atoms with Gasteiger partial charge in [0.2, 0.25) is 0 Å². The lowest BCUT2D eigenvalue weighted by Gasteiger charge is -2.58. The Morgan fingerprint density at radius 1 is 0.906 bits per heavy atom. The largest absolute Gasteiger partial charge is 0.494 e. The molecule has 7 heteroatoms. The summed E-state index contributed by atoms with van der Waals surface area (Å²) >= 11 is 0. The van der Waals surface area contributed by atoms with Crippen LogP contribution in [0.3, 0.4) is 0 Å². The summed E-state index contributed by atoms with van der Waals surface area (Å²) in [5, 5.41) is 2.48. The first-order valence-corrected chi connectivity index (χ1v) is 20.3. The van der Waals surface area contributed by atoms with Crippen molar-refractivity contribution in [2.75, 3.05) is 13.2 Å². The second-order valence-electron chi connectivity index (χ2n) is 17.0. The molecule has 0 amide bonds. The van der Waals surface area contributed by atoms with E-state index >= 15 is 0 Å². The van der Waals surface area contributed by atoms with Gasteiger partial charge in [-0.3, -0.25) is 9.59 Å². The molecule has 1 aliphatic heterocycles. The van der Waals surface area contributed by atoms with E-state index in [1.165, 1.54) is 56.7 Å². The van der Waals surface area contributed by atoms with Gasteiger partial charge in [0.1, 0.15) is 24.6 Å². The lowest BCUT2D eigenvalue weighted by molar-refractivity contribution is -0.213. The number of carbonyl (C=O) groups is 2. The van der Waals surface area contributed by atoms with E-state index in [-0.39, 0.29) is 18.1 Å². The number of ether oxygens (including phenoxy) is 5. The number of unbranched alkanes of at least 4 members (excludes halogenated alkanes) is 2. The molecule has 3 fully saturated rings. The van der Waals surface area contributed by atoms with Crippen LogP contribution in [0.2, 0.25) is 0 Å². The summed E-state index contributed by atoms with van der Waals surface area (Å²) in [6.45, 7) is 11.1. The quantitative estimate of drug-likeness (QED) is 0.122. The van der Waals surface area contributed by atoms with Crippen LogP contribution in [0.1, 0.15) is 105 Å². The standard InChI is InChI=1S/C46H60O7/c1-30(11-7-6-10-26-49-36-16-14-33-12-8-9-13-34(33)27-36)39-18-19-40-38-17-15-35-28-37(22-24-45(35,4)41(38)23-25-46(39,40)5)52-44-21-20-42(51-32(3)48)43(53-44)29-50-31(2)47/h8-9,11-16,20-21,27,37-44H,6-7,10,17-19,22-26,28-29H2,1-5H3/b30-11+/t37-,38-,39+,40-,41-,42-,43+,44?,45-,46+/m0/s1. The Kier molecular flexibility index (Phi) is 11.5. The average Bonchev–Trinajstić information content (AvgIpc) is 3.50. The average molecular weight is 725 g/mol. The number of hydrogen-bond donors (Lipinski definition) is 0. The highest BCUT2D eigenvalue weighted by molar-refractivity contribution is 5.83. The van der Waals surface area contributed by atoms with E-state index in [1.54, 1.807) is 17.2 Å². The Bertz CT molecular complexity index is 1730. The fourth-order valence-corrected chi connectivity index (χ4v) is 11.2. The second kappa shape index (κ2) is 16.1. The number of hydrogen-bond acceptors (Lipinski definition) is 7. The minimum Gasteiger partial charge on any atom is -0.494 e. The van der Waals surface area contributed by atoms with Crippen LogP contribution in [-0.2, 0) is 28.5 Å². The Hall–Kier alpha value is -3.42. The van der Waals surface area contributed by atoms with Crippen molar-refractivity contribution in [1.29, 1.82) is 0 Å². The van der Waals surface area contributed by atoms with Crippen LogP contribution in [0.25, 0.3) is 10.8 Å². The van der Waals surface area contributed by atoms with E-state index in [0.717, 1.165) is 68.6 Å². The Labute approximate surface area is 316 Å². The van der Waals surface area contributed by atoms with Gasteiger partial charge in [0.05, 0.1) is 12.7 Å². The summed E-state index contributed by atoms with van der Waals surface area (Å²) in [5.41, 5.74) is 3.81. The second-order valence-corrected chi connectivity index (χ2v) is 17.0. The van der Waals surface area contributed by atoms with Crippen LogP contribution < -0.4 is 4.74 Å². The molecule has 5 aliphatic rings. The van der Waals surface area contributed by atoms with Crippen molar-refractivity contribution in [2.24, 2.45) is 34.5 Å². The van der Waals surface area contributed by atoms with Crippen molar-refractivity contribution < 1.29 is 33.3 Å². The minimum atomic E-state index is -0.613. The molecule has 0 radical (unpaired) electrons. The summed E-state index contributed by atoms with van der Waals surface area (Å²) in [4.78, 5) is 23.1. The molecule has 286 valence electrons. The van der Waals surface area contributed by atoms with Crippen molar-refractivity contribution >= 4 is 22.7 Å². The first kappa shape index (κ1) is 37.9. The smallest absolute Gasteiger partial charge is 0.303 e. The third-order valence-electron chi connectivity index (χ3n) is 13.9. The van der Waals surface area contributed by atoms with Crippen LogP contribution in [0.15, 0.2) is 77.9 Å². The predicted molar refractivity (Wildman–Crippen MR) is 207 cm³/mol. The molecule has 10 atom stereocenters. The molecule has 1 heterocycles. The third-order valence-corrected chi connectivity index (χ3v) is 13.9. The van der Waals surface area contributed by atoms with Crippen molar-refractivity contribution in [3.05, 3.63) is 77.9 Å². The van der Waals surface area contributed by atoms with E-state index in [0.29, 0.717) is 11.3 Å². The summed E-state index contributed by atoms with van der Waals surface area (Å²) in [5.74, 6) is 3.13. The molecule has 7 nitrogen and oxygen atoms in total. The molecule has 0 N–H and O–H groups in total. The van der Waals surface area contributed by atoms with Crippen LogP contribution in [-0.4, -0.2) is 49.8 Å². The van der Waals surface area contributed by atoms with E-state index in [2.05, 4.69) is 75.4 Å². The van der Waals surface area contributed by atoms with Gasteiger partial charge in [-0.05, 0) is 147 Å². The van der Waals surface area contributed by atoms with E-state index in [9.17, 15) is 9.59 Å². The van der Waals surface area contributed by atoms with E-state index < -0.39 is 30.4 Å². The van der Waals surface area contributed by atoms with Gasteiger partial charge in [0, 0.05) is 13.8 Å². The highest BCUT2D eigenvalue weighted by Gasteiger charge is 2.58. The van der Waals surface area contributed by atoms with Crippen molar-refractivity contribution in [3.8, 4) is 5.75 Å². The molecule has 0 bridgehead atoms. The van der Waals surface area contributed by atoms with Crippen molar-refractivity contribution in [1.82, 2.24) is 0 Å². The molecule has 7 rings (SSSR count). The molecule has 2 aromatic rings. The summed E-state index contributed by atoms with van der Waals surface area (Å²) in [7, 11) is 0. The lowest BCUT2D eigenvalue weighted by Crippen LogP contribution is -2.51. The minimum absolute atomic E-state index is 0.00739. The zero-order valence-electron chi connectivity index (χ0n) is 32.5. The van der Waals surface area contributed by atoms with Crippen molar-refractivity contribution in [3.63, 3.8) is 0 Å². The zero-order valence-corrected chi connectivity index (χ0v) is 32.5. The third kappa shape index (κ3) is 8.17. The molecule has 0 aromatic heterocycles. The molecular weight excluding hydrogens is 664 g/mol. The Balaban J connectivity index is 0.912. The fourth-order valence-electron chi connectivity index (χ4n) is 11.2. The predicted octanol–water partition coefficient (Wildman–Crippen LogP) is 10.1. The van der Waals surface area contributed by atoms with Crippen LogP contribution in [0.5, 0.6) is 5.75 Å². The number of carbonyl (C=O) groups excluding carboxylic acids is 2. The molecule has 1 unspecified atom stereocenters. The molecule has 53 heavy (non-hydrogen) atoms. The van der Waals surface area contributed by atoms with Gasteiger partial charge < -0.3 is 23.7 Å². The number of allylic oxidation sites excluding steroid dienone is 3. The fraction of sp³-hybridized carbons (Fsp3) is 0.609. The lowest BCUT2D eigenvalue weighted by atomic mass is 9.47. The Morgan fingerprint density at radius 3 is 2.55 bits per heavy atom. The topological polar surface area (TPSA) is 80.3 Å². The monoisotopic (exact) mass is 724 g/mol. The number of fused-ring (bicyclic) bond motifs is 6. The highest BCUT2D eigenvalue weighted by atomic mass is 16.7. The summed E-state index contributed by atoms with van der Waals surface area (Å²) in [6, 6.07) is 14.8. The molecule has 4 aliphatic carbocycles. The molecule has 3 saturated carbocycles. The summed E-state index contributed by atoms with van der Waals surface area (Å²) in [6.07, 6.45) is 20.0. The normalized spacial score (nSPS) is 35.1. The zero-order chi connectivity index (χ0) is 37.2. The van der Waals surface area contributed by atoms with Crippen LogP contribution in [0.4, 0.5) is 0 Å². The highest BCUT2D eigenvalue weighted by Crippen LogP contribution is 2.67. The molecule has 0 spiro atoms. The van der Waals surface area contributed by atoms with Gasteiger partial charge in [0.25, 0.3) is 0 Å². The van der Waals surface area contributed by atoms with Crippen molar-refractivity contribution in [2.45, 2.75) is 130 Å². The van der Waals surface area contributed by atoms with E-state index in [4.69, 9.17) is 23.7 Å². The maximum atomic E-state index is 11.6. The van der Waals surface area contributed by atoms with Gasteiger partial charge in [-0.1, -0.05) is 67.5 Å². The SMILES string of the molecule is CC(=O)OC[C@H]1OC(O[C@H]2CC[C@@]3(C)C(=CC[C@H]4[C@@H]5CC[C@H](/C(C)=C/CCCCOc6ccc7ccccc7c6)[C@@]5(C)CC[C@@H]43)C2)C=C[C@@H]1OC(C)=O.